The molecule has 1 aliphatic rings. The van der Waals surface area contributed by atoms with Crippen molar-refractivity contribution in [3.8, 4) is 5.75 Å². The molecule has 0 fully saturated rings. The number of ether oxygens (including phenoxy) is 1. The monoisotopic (exact) mass is 274 g/mol. The molecule has 0 saturated heterocycles. The number of benzene rings is 1. The molecule has 20 heavy (non-hydrogen) atoms. The van der Waals surface area contributed by atoms with E-state index in [0.29, 0.717) is 16.9 Å². The number of carbonyl (C=O) groups is 1. The van der Waals surface area contributed by atoms with Gasteiger partial charge in [0.1, 0.15) is 11.3 Å². The van der Waals surface area contributed by atoms with Crippen LogP contribution in [0.25, 0.3) is 11.0 Å². The van der Waals surface area contributed by atoms with E-state index in [-0.39, 0.29) is 5.63 Å². The first-order chi connectivity index (χ1) is 9.58. The SMILES string of the molecule is Cc1c(OCC(=O)O)ccc2c3c(c(=O)oc12)CCC3. The molecule has 0 amide bonds. The van der Waals surface area contributed by atoms with Crippen LogP contribution < -0.4 is 10.4 Å². The van der Waals surface area contributed by atoms with Gasteiger partial charge in [-0.2, -0.15) is 0 Å². The fourth-order valence-corrected chi connectivity index (χ4v) is 2.76. The summed E-state index contributed by atoms with van der Waals surface area (Å²) < 4.78 is 10.6. The third kappa shape index (κ3) is 1.95. The molecule has 0 bridgehead atoms. The van der Waals surface area contributed by atoms with Gasteiger partial charge in [0.2, 0.25) is 0 Å². The zero-order valence-corrected chi connectivity index (χ0v) is 11.1. The summed E-state index contributed by atoms with van der Waals surface area (Å²) in [6.45, 7) is 1.35. The van der Waals surface area contributed by atoms with Gasteiger partial charge in [-0.05, 0) is 43.9 Å². The molecule has 5 nitrogen and oxygen atoms in total. The van der Waals surface area contributed by atoms with Crippen LogP contribution in [0.15, 0.2) is 21.3 Å². The summed E-state index contributed by atoms with van der Waals surface area (Å²) in [6.07, 6.45) is 2.62. The molecule has 0 saturated carbocycles. The molecule has 1 aliphatic carbocycles. The van der Waals surface area contributed by atoms with Crippen LogP contribution in [0, 0.1) is 6.92 Å². The Bertz CT molecular complexity index is 757. The quantitative estimate of drug-likeness (QED) is 0.867. The Hall–Kier alpha value is -2.30. The molecule has 1 aromatic carbocycles. The number of aryl methyl sites for hydroxylation is 2. The lowest BCUT2D eigenvalue weighted by Crippen LogP contribution is -2.11. The van der Waals surface area contributed by atoms with E-state index < -0.39 is 12.6 Å². The number of carboxylic acid groups (broad SMARTS) is 1. The molecule has 0 atom stereocenters. The van der Waals surface area contributed by atoms with Gasteiger partial charge in [-0.3, -0.25) is 0 Å². The maximum absolute atomic E-state index is 12.0. The first kappa shape index (κ1) is 12.7. The molecule has 1 aromatic heterocycles. The Morgan fingerprint density at radius 2 is 2.10 bits per heavy atom. The van der Waals surface area contributed by atoms with E-state index >= 15 is 0 Å². The molecule has 1 heterocycles. The number of fused-ring (bicyclic) bond motifs is 3. The van der Waals surface area contributed by atoms with Crippen LogP contribution in [0.3, 0.4) is 0 Å². The minimum Gasteiger partial charge on any atom is -0.481 e. The zero-order valence-electron chi connectivity index (χ0n) is 11.1. The average Bonchev–Trinajstić information content (AvgIpc) is 2.89. The van der Waals surface area contributed by atoms with Crippen molar-refractivity contribution in [1.29, 1.82) is 0 Å². The second-order valence-corrected chi connectivity index (χ2v) is 4.95. The van der Waals surface area contributed by atoms with Gasteiger partial charge in [0.15, 0.2) is 6.61 Å². The maximum Gasteiger partial charge on any atom is 0.341 e. The van der Waals surface area contributed by atoms with Gasteiger partial charge in [-0.25, -0.2) is 9.59 Å². The number of hydrogen-bond acceptors (Lipinski definition) is 4. The highest BCUT2D eigenvalue weighted by Gasteiger charge is 2.21. The van der Waals surface area contributed by atoms with Gasteiger partial charge in [0.25, 0.3) is 0 Å². The third-order valence-electron chi connectivity index (χ3n) is 3.69. The average molecular weight is 274 g/mol. The number of hydrogen-bond donors (Lipinski definition) is 1. The predicted molar refractivity (Wildman–Crippen MR) is 72.4 cm³/mol. The molecule has 5 heteroatoms. The van der Waals surface area contributed by atoms with Crippen LogP contribution in [0.4, 0.5) is 0 Å². The zero-order chi connectivity index (χ0) is 14.3. The largest absolute Gasteiger partial charge is 0.481 e. The Morgan fingerprint density at radius 3 is 2.85 bits per heavy atom. The molecular formula is C15H14O5. The smallest absolute Gasteiger partial charge is 0.341 e. The Kier molecular flexibility index (Phi) is 2.97. The fourth-order valence-electron chi connectivity index (χ4n) is 2.76. The second-order valence-electron chi connectivity index (χ2n) is 4.95. The first-order valence-electron chi connectivity index (χ1n) is 6.50. The van der Waals surface area contributed by atoms with Crippen molar-refractivity contribution < 1.29 is 19.1 Å². The van der Waals surface area contributed by atoms with E-state index in [0.717, 1.165) is 35.8 Å². The van der Waals surface area contributed by atoms with Crippen LogP contribution in [0.2, 0.25) is 0 Å². The fraction of sp³-hybridized carbons (Fsp3) is 0.333. The standard InChI is InChI=1S/C15H14O5/c1-8-12(19-7-13(16)17)6-5-10-9-3-2-4-11(9)15(18)20-14(8)10/h5-6H,2-4,7H2,1H3,(H,16,17). The van der Waals surface area contributed by atoms with Crippen molar-refractivity contribution in [3.63, 3.8) is 0 Å². The highest BCUT2D eigenvalue weighted by atomic mass is 16.5. The van der Waals surface area contributed by atoms with Gasteiger partial charge in [-0.1, -0.05) is 0 Å². The Morgan fingerprint density at radius 1 is 1.35 bits per heavy atom. The number of rotatable bonds is 3. The second kappa shape index (κ2) is 4.67. The number of carboxylic acids is 1. The summed E-state index contributed by atoms with van der Waals surface area (Å²) in [5.74, 6) is -0.610. The van der Waals surface area contributed by atoms with E-state index in [1.807, 2.05) is 6.07 Å². The lowest BCUT2D eigenvalue weighted by Gasteiger charge is -2.11. The van der Waals surface area contributed by atoms with Gasteiger partial charge in [0.05, 0.1) is 0 Å². The summed E-state index contributed by atoms with van der Waals surface area (Å²) >= 11 is 0. The molecular weight excluding hydrogens is 260 g/mol. The molecule has 2 aromatic rings. The van der Waals surface area contributed by atoms with Crippen molar-refractivity contribution in [2.75, 3.05) is 6.61 Å². The summed E-state index contributed by atoms with van der Waals surface area (Å²) in [4.78, 5) is 22.5. The lowest BCUT2D eigenvalue weighted by atomic mass is 10.0. The summed E-state index contributed by atoms with van der Waals surface area (Å²) in [5, 5.41) is 9.58. The van der Waals surface area contributed by atoms with Crippen LogP contribution in [-0.4, -0.2) is 17.7 Å². The van der Waals surface area contributed by atoms with Crippen LogP contribution in [-0.2, 0) is 17.6 Å². The van der Waals surface area contributed by atoms with E-state index in [1.165, 1.54) is 0 Å². The molecule has 104 valence electrons. The maximum atomic E-state index is 12.0. The number of aliphatic carboxylic acids is 1. The molecule has 0 spiro atoms. The van der Waals surface area contributed by atoms with E-state index in [2.05, 4.69) is 0 Å². The molecule has 1 N–H and O–H groups in total. The lowest BCUT2D eigenvalue weighted by molar-refractivity contribution is -0.139. The van der Waals surface area contributed by atoms with Crippen molar-refractivity contribution in [3.05, 3.63) is 39.2 Å². The summed E-state index contributed by atoms with van der Waals surface area (Å²) in [5.41, 5.74) is 2.71. The Balaban J connectivity index is 2.16. The molecule has 0 radical (unpaired) electrons. The summed E-state index contributed by atoms with van der Waals surface area (Å²) in [6, 6.07) is 3.58. The van der Waals surface area contributed by atoms with Crippen LogP contribution >= 0.6 is 0 Å². The minimum absolute atomic E-state index is 0.288. The molecule has 0 aliphatic heterocycles. The van der Waals surface area contributed by atoms with E-state index in [9.17, 15) is 9.59 Å². The highest BCUT2D eigenvalue weighted by Crippen LogP contribution is 2.32. The van der Waals surface area contributed by atoms with Crippen molar-refractivity contribution in [1.82, 2.24) is 0 Å². The molecule has 3 rings (SSSR count). The van der Waals surface area contributed by atoms with Crippen molar-refractivity contribution >= 4 is 16.9 Å². The van der Waals surface area contributed by atoms with E-state index in [1.54, 1.807) is 13.0 Å². The predicted octanol–water partition coefficient (Wildman–Crippen LogP) is 2.05. The van der Waals surface area contributed by atoms with Crippen molar-refractivity contribution in [2.45, 2.75) is 26.2 Å². The van der Waals surface area contributed by atoms with Crippen molar-refractivity contribution in [2.24, 2.45) is 0 Å². The van der Waals surface area contributed by atoms with Crippen LogP contribution in [0.5, 0.6) is 5.75 Å². The van der Waals surface area contributed by atoms with Gasteiger partial charge < -0.3 is 14.3 Å². The van der Waals surface area contributed by atoms with E-state index in [4.69, 9.17) is 14.3 Å². The van der Waals surface area contributed by atoms with Gasteiger partial charge >= 0.3 is 11.6 Å². The normalized spacial score (nSPS) is 13.4. The minimum atomic E-state index is -1.04. The highest BCUT2D eigenvalue weighted by molar-refractivity contribution is 5.86. The molecule has 0 unspecified atom stereocenters. The first-order valence-corrected chi connectivity index (χ1v) is 6.50. The van der Waals surface area contributed by atoms with Gasteiger partial charge in [0, 0.05) is 16.5 Å². The van der Waals surface area contributed by atoms with Crippen LogP contribution in [0.1, 0.15) is 23.1 Å². The van der Waals surface area contributed by atoms with Gasteiger partial charge in [-0.15, -0.1) is 0 Å². The summed E-state index contributed by atoms with van der Waals surface area (Å²) in [7, 11) is 0. The topological polar surface area (TPSA) is 76.7 Å². The third-order valence-corrected chi connectivity index (χ3v) is 3.69. The Labute approximate surface area is 114 Å².